The average Bonchev–Trinajstić information content (AvgIpc) is 2.33. The Hall–Kier alpha value is -0.820. The number of alkyl halides is 3. The standard InChI is InChI=1S/C12H21F3N2O2/c1-10(18)11(19)17-8-6-16(7-9-17)5-3-2-4-12(13,14)15/h10,18H,2-9H2,1H3. The maximum atomic E-state index is 12.0. The molecule has 1 atom stereocenters. The zero-order valence-corrected chi connectivity index (χ0v) is 11.1. The van der Waals surface area contributed by atoms with E-state index < -0.39 is 18.7 Å². The molecule has 0 aromatic rings. The van der Waals surface area contributed by atoms with E-state index in [2.05, 4.69) is 4.90 Å². The van der Waals surface area contributed by atoms with Crippen molar-refractivity contribution in [3.63, 3.8) is 0 Å². The Kier molecular flexibility index (Phi) is 6.06. The number of aliphatic hydroxyl groups is 1. The maximum Gasteiger partial charge on any atom is 0.389 e. The zero-order chi connectivity index (χ0) is 14.5. The number of carbonyl (C=O) groups excluding carboxylic acids is 1. The van der Waals surface area contributed by atoms with Crippen LogP contribution in [0.25, 0.3) is 0 Å². The van der Waals surface area contributed by atoms with Crippen molar-refractivity contribution in [2.75, 3.05) is 32.7 Å². The summed E-state index contributed by atoms with van der Waals surface area (Å²) < 4.78 is 35.9. The summed E-state index contributed by atoms with van der Waals surface area (Å²) in [5, 5.41) is 9.18. The largest absolute Gasteiger partial charge is 0.389 e. The lowest BCUT2D eigenvalue weighted by atomic mass is 10.2. The summed E-state index contributed by atoms with van der Waals surface area (Å²) >= 11 is 0. The fourth-order valence-electron chi connectivity index (χ4n) is 2.12. The van der Waals surface area contributed by atoms with Crippen LogP contribution in [0.5, 0.6) is 0 Å². The van der Waals surface area contributed by atoms with Crippen LogP contribution in [0.3, 0.4) is 0 Å². The molecular formula is C12H21F3N2O2. The number of amides is 1. The number of unbranched alkanes of at least 4 members (excludes halogenated alkanes) is 1. The molecular weight excluding hydrogens is 261 g/mol. The van der Waals surface area contributed by atoms with Crippen molar-refractivity contribution in [2.45, 2.75) is 38.5 Å². The smallest absolute Gasteiger partial charge is 0.384 e. The van der Waals surface area contributed by atoms with Crippen molar-refractivity contribution >= 4 is 5.91 Å². The van der Waals surface area contributed by atoms with E-state index in [4.69, 9.17) is 0 Å². The molecule has 0 spiro atoms. The Bertz CT molecular complexity index is 287. The van der Waals surface area contributed by atoms with E-state index in [1.54, 1.807) is 4.90 Å². The lowest BCUT2D eigenvalue weighted by Crippen LogP contribution is -2.51. The van der Waals surface area contributed by atoms with Gasteiger partial charge in [-0.25, -0.2) is 0 Å². The van der Waals surface area contributed by atoms with Crippen LogP contribution in [-0.4, -0.2) is 65.8 Å². The van der Waals surface area contributed by atoms with Gasteiger partial charge >= 0.3 is 6.18 Å². The highest BCUT2D eigenvalue weighted by molar-refractivity contribution is 5.80. The van der Waals surface area contributed by atoms with Crippen molar-refractivity contribution in [3.8, 4) is 0 Å². The van der Waals surface area contributed by atoms with Crippen LogP contribution >= 0.6 is 0 Å². The van der Waals surface area contributed by atoms with Crippen molar-refractivity contribution < 1.29 is 23.1 Å². The van der Waals surface area contributed by atoms with Crippen LogP contribution in [0.15, 0.2) is 0 Å². The van der Waals surface area contributed by atoms with Gasteiger partial charge in [0.2, 0.25) is 0 Å². The zero-order valence-electron chi connectivity index (χ0n) is 11.1. The Morgan fingerprint density at radius 2 is 1.79 bits per heavy atom. The summed E-state index contributed by atoms with van der Waals surface area (Å²) in [4.78, 5) is 15.2. The minimum Gasteiger partial charge on any atom is -0.384 e. The molecule has 1 saturated heterocycles. The van der Waals surface area contributed by atoms with Crippen molar-refractivity contribution in [1.82, 2.24) is 9.80 Å². The predicted molar refractivity (Wildman–Crippen MR) is 64.6 cm³/mol. The Balaban J connectivity index is 2.15. The van der Waals surface area contributed by atoms with E-state index in [0.29, 0.717) is 39.1 Å². The number of carbonyl (C=O) groups is 1. The molecule has 1 aliphatic heterocycles. The van der Waals surface area contributed by atoms with Crippen LogP contribution in [0.2, 0.25) is 0 Å². The number of hydrogen-bond acceptors (Lipinski definition) is 3. The van der Waals surface area contributed by atoms with Crippen molar-refractivity contribution in [3.05, 3.63) is 0 Å². The van der Waals surface area contributed by atoms with Crippen molar-refractivity contribution in [1.29, 1.82) is 0 Å². The number of rotatable bonds is 5. The molecule has 4 nitrogen and oxygen atoms in total. The lowest BCUT2D eigenvalue weighted by Gasteiger charge is -2.35. The Morgan fingerprint density at radius 3 is 2.26 bits per heavy atom. The summed E-state index contributed by atoms with van der Waals surface area (Å²) in [5.74, 6) is -0.281. The van der Waals surface area contributed by atoms with E-state index in [9.17, 15) is 23.1 Å². The third-order valence-corrected chi connectivity index (χ3v) is 3.23. The molecule has 0 aliphatic carbocycles. The minimum absolute atomic E-state index is 0.149. The summed E-state index contributed by atoms with van der Waals surface area (Å²) in [6.45, 7) is 4.44. The fourth-order valence-corrected chi connectivity index (χ4v) is 2.12. The molecule has 1 heterocycles. The second-order valence-corrected chi connectivity index (χ2v) is 4.92. The maximum absolute atomic E-state index is 12.0. The SMILES string of the molecule is CC(O)C(=O)N1CCN(CCCCC(F)(F)F)CC1. The third kappa shape index (κ3) is 6.24. The average molecular weight is 282 g/mol. The Labute approximate surface area is 111 Å². The molecule has 0 bridgehead atoms. The molecule has 0 radical (unpaired) electrons. The molecule has 19 heavy (non-hydrogen) atoms. The van der Waals surface area contributed by atoms with Crippen LogP contribution in [0.4, 0.5) is 13.2 Å². The number of aliphatic hydroxyl groups excluding tert-OH is 1. The summed E-state index contributed by atoms with van der Waals surface area (Å²) in [6, 6.07) is 0. The van der Waals surface area contributed by atoms with E-state index >= 15 is 0 Å². The molecule has 1 unspecified atom stereocenters. The molecule has 1 rings (SSSR count). The van der Waals surface area contributed by atoms with Gasteiger partial charge < -0.3 is 10.0 Å². The highest BCUT2D eigenvalue weighted by Gasteiger charge is 2.26. The summed E-state index contributed by atoms with van der Waals surface area (Å²) in [5.41, 5.74) is 0. The number of nitrogens with zero attached hydrogens (tertiary/aromatic N) is 2. The second-order valence-electron chi connectivity index (χ2n) is 4.92. The highest BCUT2D eigenvalue weighted by Crippen LogP contribution is 2.22. The van der Waals surface area contributed by atoms with Gasteiger partial charge in [0.25, 0.3) is 5.91 Å². The highest BCUT2D eigenvalue weighted by atomic mass is 19.4. The first-order valence-electron chi connectivity index (χ1n) is 6.55. The number of halogens is 3. The van der Waals surface area contributed by atoms with Gasteiger partial charge in [-0.05, 0) is 26.3 Å². The first-order valence-corrected chi connectivity index (χ1v) is 6.55. The van der Waals surface area contributed by atoms with Crippen LogP contribution in [0, 0.1) is 0 Å². The van der Waals surface area contributed by atoms with Gasteiger partial charge in [-0.3, -0.25) is 9.69 Å². The normalized spacial score (nSPS) is 19.5. The molecule has 0 saturated carbocycles. The lowest BCUT2D eigenvalue weighted by molar-refractivity contribution is -0.141. The van der Waals surface area contributed by atoms with E-state index in [1.807, 2.05) is 0 Å². The van der Waals surface area contributed by atoms with Crippen LogP contribution < -0.4 is 0 Å². The van der Waals surface area contributed by atoms with Gasteiger partial charge in [-0.15, -0.1) is 0 Å². The minimum atomic E-state index is -4.07. The molecule has 1 fully saturated rings. The number of hydrogen-bond donors (Lipinski definition) is 1. The molecule has 7 heteroatoms. The van der Waals surface area contributed by atoms with Crippen LogP contribution in [0.1, 0.15) is 26.2 Å². The first kappa shape index (κ1) is 16.2. The van der Waals surface area contributed by atoms with Crippen LogP contribution in [-0.2, 0) is 4.79 Å². The fraction of sp³-hybridized carbons (Fsp3) is 0.917. The number of piperazine rings is 1. The molecule has 1 aliphatic rings. The first-order chi connectivity index (χ1) is 8.79. The van der Waals surface area contributed by atoms with E-state index in [-0.39, 0.29) is 12.3 Å². The van der Waals surface area contributed by atoms with Gasteiger partial charge in [-0.2, -0.15) is 13.2 Å². The summed E-state index contributed by atoms with van der Waals surface area (Å²) in [7, 11) is 0. The topological polar surface area (TPSA) is 43.8 Å². The predicted octanol–water partition coefficient (Wildman–Crippen LogP) is 1.24. The Morgan fingerprint density at radius 1 is 1.21 bits per heavy atom. The third-order valence-electron chi connectivity index (χ3n) is 3.23. The van der Waals surface area contributed by atoms with Gasteiger partial charge in [0, 0.05) is 32.6 Å². The van der Waals surface area contributed by atoms with Gasteiger partial charge in [0.15, 0.2) is 0 Å². The van der Waals surface area contributed by atoms with Crippen molar-refractivity contribution in [2.24, 2.45) is 0 Å². The summed E-state index contributed by atoms with van der Waals surface area (Å²) in [6.07, 6.45) is -5.12. The molecule has 1 N–H and O–H groups in total. The van der Waals surface area contributed by atoms with Gasteiger partial charge in [0.05, 0.1) is 0 Å². The molecule has 0 aromatic carbocycles. The molecule has 0 aromatic heterocycles. The second kappa shape index (κ2) is 7.09. The quantitative estimate of drug-likeness (QED) is 0.772. The van der Waals surface area contributed by atoms with Gasteiger partial charge in [0.1, 0.15) is 6.10 Å². The molecule has 112 valence electrons. The van der Waals surface area contributed by atoms with Gasteiger partial charge in [-0.1, -0.05) is 0 Å². The monoisotopic (exact) mass is 282 g/mol. The van der Waals surface area contributed by atoms with E-state index in [1.165, 1.54) is 6.92 Å². The molecule has 1 amide bonds. The van der Waals surface area contributed by atoms with E-state index in [0.717, 1.165) is 0 Å².